The van der Waals surface area contributed by atoms with Crippen LogP contribution in [0.3, 0.4) is 0 Å². The molecule has 0 nitrogen and oxygen atoms in total. The average molecular weight is 308 g/mol. The van der Waals surface area contributed by atoms with Gasteiger partial charge in [-0.15, -0.1) is 0 Å². The Balaban J connectivity index is 2.33. The van der Waals surface area contributed by atoms with Gasteiger partial charge in [-0.3, -0.25) is 0 Å². The number of rotatable bonds is 5. The lowest BCUT2D eigenvalue weighted by atomic mass is 10.0. The topological polar surface area (TPSA) is 0 Å². The van der Waals surface area contributed by atoms with Gasteiger partial charge in [-0.2, -0.15) is 0 Å². The molecule has 0 bridgehead atoms. The Morgan fingerprint density at radius 2 is 1.59 bits per heavy atom. The fraction of sp³-hybridized carbons (Fsp3) is 0.222. The predicted octanol–water partition coefficient (Wildman–Crippen LogP) is 6.02. The third-order valence-electron chi connectivity index (χ3n) is 3.39. The summed E-state index contributed by atoms with van der Waals surface area (Å²) in [6.07, 6.45) is 2.00. The van der Waals surface area contributed by atoms with Crippen LogP contribution in [-0.4, -0.2) is 6.67 Å². The number of aryl methyl sites for hydroxylation is 1. The Hall–Kier alpha value is -2.10. The zero-order valence-electron chi connectivity index (χ0n) is 12.2. The van der Waals surface area contributed by atoms with Crippen LogP contribution >= 0.6 is 0 Å². The van der Waals surface area contributed by atoms with Crippen molar-refractivity contribution in [1.29, 1.82) is 0 Å². The summed E-state index contributed by atoms with van der Waals surface area (Å²) in [4.78, 5) is 0. The number of halogens is 4. The second-order valence-electron chi connectivity index (χ2n) is 4.99. The minimum absolute atomic E-state index is 0.553. The van der Waals surface area contributed by atoms with Gasteiger partial charge < -0.3 is 0 Å². The van der Waals surface area contributed by atoms with E-state index < -0.39 is 29.7 Å². The zero-order valence-corrected chi connectivity index (χ0v) is 12.2. The fourth-order valence-electron chi connectivity index (χ4n) is 2.23. The molecular formula is C18H16F4. The number of benzene rings is 2. The van der Waals surface area contributed by atoms with Gasteiger partial charge in [0.25, 0.3) is 0 Å². The van der Waals surface area contributed by atoms with Crippen LogP contribution in [0.5, 0.6) is 0 Å². The van der Waals surface area contributed by atoms with E-state index in [1.165, 1.54) is 11.6 Å². The summed E-state index contributed by atoms with van der Waals surface area (Å²) in [6.45, 7) is 0.493. The minimum atomic E-state index is -1.60. The van der Waals surface area contributed by atoms with Gasteiger partial charge in [-0.05, 0) is 35.2 Å². The van der Waals surface area contributed by atoms with Crippen LogP contribution in [0.15, 0.2) is 48.3 Å². The first-order valence-corrected chi connectivity index (χ1v) is 7.06. The van der Waals surface area contributed by atoms with E-state index in [0.29, 0.717) is 5.56 Å². The van der Waals surface area contributed by atoms with E-state index in [-0.39, 0.29) is 0 Å². The van der Waals surface area contributed by atoms with Gasteiger partial charge in [0.1, 0.15) is 12.5 Å². The molecule has 0 radical (unpaired) electrons. The summed E-state index contributed by atoms with van der Waals surface area (Å²) in [5.41, 5.74) is 1.95. The largest absolute Gasteiger partial charge is 0.243 e. The maximum absolute atomic E-state index is 13.9. The molecule has 0 aliphatic heterocycles. The standard InChI is InChI=1S/C18H16F4/c1-2-3-12-4-6-13(7-5-12)14-8-9-15(16(20)10-14)18(22)17(21)11-19/h4-10H,2-3,11H2,1H3/b18-17+. The van der Waals surface area contributed by atoms with Crippen molar-refractivity contribution in [3.63, 3.8) is 0 Å². The number of hydrogen-bond acceptors (Lipinski definition) is 0. The molecule has 0 aliphatic carbocycles. The van der Waals surface area contributed by atoms with Crippen LogP contribution in [0.1, 0.15) is 24.5 Å². The molecule has 4 heteroatoms. The molecule has 0 atom stereocenters. The monoisotopic (exact) mass is 308 g/mol. The highest BCUT2D eigenvalue weighted by molar-refractivity contribution is 5.69. The summed E-state index contributed by atoms with van der Waals surface area (Å²) in [5, 5.41) is 0. The zero-order chi connectivity index (χ0) is 16.1. The summed E-state index contributed by atoms with van der Waals surface area (Å²) >= 11 is 0. The number of allylic oxidation sites excluding steroid dienone is 1. The molecule has 0 amide bonds. The molecule has 0 heterocycles. The predicted molar refractivity (Wildman–Crippen MR) is 80.9 cm³/mol. The molecule has 0 aromatic heterocycles. The Morgan fingerprint density at radius 1 is 0.955 bits per heavy atom. The molecule has 0 saturated carbocycles. The average Bonchev–Trinajstić information content (AvgIpc) is 2.54. The van der Waals surface area contributed by atoms with E-state index in [1.807, 2.05) is 24.3 Å². The first-order chi connectivity index (χ1) is 10.6. The molecular weight excluding hydrogens is 292 g/mol. The van der Waals surface area contributed by atoms with Crippen molar-refractivity contribution >= 4 is 5.83 Å². The molecule has 22 heavy (non-hydrogen) atoms. The molecule has 0 N–H and O–H groups in total. The maximum Gasteiger partial charge on any atom is 0.167 e. The van der Waals surface area contributed by atoms with Crippen molar-refractivity contribution in [3.8, 4) is 11.1 Å². The molecule has 0 aliphatic rings. The quantitative estimate of drug-likeness (QED) is 0.592. The third kappa shape index (κ3) is 3.56. The van der Waals surface area contributed by atoms with Crippen LogP contribution < -0.4 is 0 Å². The lowest BCUT2D eigenvalue weighted by Gasteiger charge is -2.07. The van der Waals surface area contributed by atoms with Gasteiger partial charge >= 0.3 is 0 Å². The van der Waals surface area contributed by atoms with Crippen LogP contribution in [0.4, 0.5) is 17.6 Å². The molecule has 0 saturated heterocycles. The summed E-state index contributed by atoms with van der Waals surface area (Å²) < 4.78 is 52.4. The smallest absolute Gasteiger partial charge is 0.167 e. The molecule has 0 fully saturated rings. The molecule has 2 aromatic carbocycles. The Kier molecular flexibility index (Phi) is 5.36. The van der Waals surface area contributed by atoms with Crippen molar-refractivity contribution in [2.75, 3.05) is 6.67 Å². The second-order valence-corrected chi connectivity index (χ2v) is 4.99. The molecule has 2 rings (SSSR count). The maximum atomic E-state index is 13.9. The number of alkyl halides is 1. The van der Waals surface area contributed by atoms with E-state index in [9.17, 15) is 17.6 Å². The Morgan fingerprint density at radius 3 is 2.14 bits per heavy atom. The molecule has 0 unspecified atom stereocenters. The van der Waals surface area contributed by atoms with E-state index in [0.717, 1.165) is 30.5 Å². The van der Waals surface area contributed by atoms with E-state index in [2.05, 4.69) is 6.92 Å². The summed E-state index contributed by atoms with van der Waals surface area (Å²) in [7, 11) is 0. The van der Waals surface area contributed by atoms with Crippen molar-refractivity contribution in [2.45, 2.75) is 19.8 Å². The normalized spacial score (nSPS) is 12.2. The lowest BCUT2D eigenvalue weighted by Crippen LogP contribution is -1.91. The first kappa shape index (κ1) is 16.3. The van der Waals surface area contributed by atoms with Crippen molar-refractivity contribution in [3.05, 3.63) is 65.2 Å². The Bertz CT molecular complexity index is 672. The van der Waals surface area contributed by atoms with Crippen LogP contribution in [-0.2, 0) is 6.42 Å². The lowest BCUT2D eigenvalue weighted by molar-refractivity contribution is 0.450. The first-order valence-electron chi connectivity index (χ1n) is 7.06. The highest BCUT2D eigenvalue weighted by atomic mass is 19.2. The molecule has 116 valence electrons. The van der Waals surface area contributed by atoms with Crippen molar-refractivity contribution in [2.24, 2.45) is 0 Å². The van der Waals surface area contributed by atoms with Gasteiger partial charge in [0, 0.05) is 5.56 Å². The van der Waals surface area contributed by atoms with Crippen molar-refractivity contribution < 1.29 is 17.6 Å². The molecule has 2 aromatic rings. The van der Waals surface area contributed by atoms with Gasteiger partial charge in [0.2, 0.25) is 0 Å². The van der Waals surface area contributed by atoms with Gasteiger partial charge in [0.05, 0.1) is 0 Å². The van der Waals surface area contributed by atoms with Gasteiger partial charge in [-0.1, -0.05) is 43.7 Å². The summed E-state index contributed by atoms with van der Waals surface area (Å²) in [6, 6.07) is 11.3. The van der Waals surface area contributed by atoms with Crippen molar-refractivity contribution in [1.82, 2.24) is 0 Å². The Labute approximate surface area is 127 Å². The molecule has 0 spiro atoms. The highest BCUT2D eigenvalue weighted by Crippen LogP contribution is 2.28. The minimum Gasteiger partial charge on any atom is -0.243 e. The van der Waals surface area contributed by atoms with E-state index in [1.54, 1.807) is 0 Å². The van der Waals surface area contributed by atoms with Crippen LogP contribution in [0, 0.1) is 5.82 Å². The van der Waals surface area contributed by atoms with Gasteiger partial charge in [-0.25, -0.2) is 17.6 Å². The van der Waals surface area contributed by atoms with E-state index >= 15 is 0 Å². The van der Waals surface area contributed by atoms with Gasteiger partial charge in [0.15, 0.2) is 11.7 Å². The SMILES string of the molecule is CCCc1ccc(-c2ccc(/C(F)=C(\F)CF)c(F)c2)cc1. The summed E-state index contributed by atoms with van der Waals surface area (Å²) in [5.74, 6) is -4.02. The third-order valence-corrected chi connectivity index (χ3v) is 3.39. The number of hydrogen-bond donors (Lipinski definition) is 0. The highest BCUT2D eigenvalue weighted by Gasteiger charge is 2.14. The van der Waals surface area contributed by atoms with E-state index in [4.69, 9.17) is 0 Å². The second kappa shape index (κ2) is 7.25. The van der Waals surface area contributed by atoms with Crippen LogP contribution in [0.2, 0.25) is 0 Å². The van der Waals surface area contributed by atoms with Crippen LogP contribution in [0.25, 0.3) is 17.0 Å². The fourth-order valence-corrected chi connectivity index (χ4v) is 2.23.